The Balaban J connectivity index is 0.00000480. The van der Waals surface area contributed by atoms with E-state index in [-0.39, 0.29) is 16.5 Å². The van der Waals surface area contributed by atoms with Crippen LogP contribution in [0.25, 0.3) is 0 Å². The zero-order chi connectivity index (χ0) is 21.9. The van der Waals surface area contributed by atoms with Crippen molar-refractivity contribution in [2.24, 2.45) is 9.98 Å². The van der Waals surface area contributed by atoms with Crippen molar-refractivity contribution in [1.82, 2.24) is 0 Å². The Bertz CT molecular complexity index is 840. The molecule has 0 aliphatic carbocycles. The van der Waals surface area contributed by atoms with Crippen LogP contribution >= 0.6 is 0 Å². The molecule has 0 saturated heterocycles. The molecular weight excluding hydrogens is 423 g/mol. The number of benzene rings is 2. The van der Waals surface area contributed by atoms with Crippen molar-refractivity contribution >= 4 is 22.8 Å². The van der Waals surface area contributed by atoms with Gasteiger partial charge in [-0.1, -0.05) is 51.7 Å². The van der Waals surface area contributed by atoms with Gasteiger partial charge in [-0.2, -0.15) is 0 Å². The van der Waals surface area contributed by atoms with Gasteiger partial charge in [0.05, 0.1) is 22.8 Å². The molecule has 3 heteroatoms. The molecule has 0 aliphatic heterocycles. The van der Waals surface area contributed by atoms with E-state index in [0.29, 0.717) is 0 Å². The third-order valence-electron chi connectivity index (χ3n) is 5.31. The van der Waals surface area contributed by atoms with E-state index in [0.717, 1.165) is 36.3 Å². The summed E-state index contributed by atoms with van der Waals surface area (Å²) in [5.41, 5.74) is 9.50. The topological polar surface area (TPSA) is 24.7 Å². The number of aliphatic imine (C=N–C) groups is 2. The number of unbranched alkanes of at least 4 members (excludes halogenated alkanes) is 4. The largest absolute Gasteiger partial charge is 0.252 e. The molecular formula is C28H40N2Ni. The van der Waals surface area contributed by atoms with Crippen LogP contribution in [0.15, 0.2) is 46.4 Å². The van der Waals surface area contributed by atoms with Crippen molar-refractivity contribution < 1.29 is 16.5 Å². The summed E-state index contributed by atoms with van der Waals surface area (Å²) in [6.45, 7) is 13.1. The summed E-state index contributed by atoms with van der Waals surface area (Å²) in [5, 5.41) is 0. The average molecular weight is 463 g/mol. The molecule has 0 aliphatic rings. The number of aryl methyl sites for hydroxylation is 4. The number of hydrogen-bond donors (Lipinski definition) is 0. The monoisotopic (exact) mass is 462 g/mol. The molecule has 0 amide bonds. The van der Waals surface area contributed by atoms with Gasteiger partial charge in [0.1, 0.15) is 0 Å². The van der Waals surface area contributed by atoms with Gasteiger partial charge in [0.15, 0.2) is 0 Å². The average Bonchev–Trinajstić information content (AvgIpc) is 2.66. The molecule has 0 heterocycles. The first-order valence-electron chi connectivity index (χ1n) is 11.7. The zero-order valence-corrected chi connectivity index (χ0v) is 21.3. The number of rotatable bonds is 11. The molecule has 2 aromatic carbocycles. The Labute approximate surface area is 200 Å². The van der Waals surface area contributed by atoms with Crippen LogP contribution in [0.5, 0.6) is 0 Å². The Morgan fingerprint density at radius 1 is 0.548 bits per heavy atom. The van der Waals surface area contributed by atoms with Gasteiger partial charge in [0.25, 0.3) is 0 Å². The van der Waals surface area contributed by atoms with Gasteiger partial charge in [-0.05, 0) is 99.9 Å². The molecule has 2 rings (SSSR count). The van der Waals surface area contributed by atoms with E-state index >= 15 is 0 Å². The van der Waals surface area contributed by atoms with Crippen LogP contribution in [0.4, 0.5) is 11.4 Å². The van der Waals surface area contributed by atoms with E-state index in [9.17, 15) is 0 Å². The minimum absolute atomic E-state index is 0. The van der Waals surface area contributed by atoms with Crippen LogP contribution in [0.1, 0.15) is 87.5 Å². The summed E-state index contributed by atoms with van der Waals surface area (Å²) < 4.78 is 0. The van der Waals surface area contributed by atoms with E-state index in [2.05, 4.69) is 77.9 Å². The molecule has 172 valence electrons. The predicted octanol–water partition coefficient (Wildman–Crippen LogP) is 8.92. The Hall–Kier alpha value is -1.73. The van der Waals surface area contributed by atoms with Gasteiger partial charge in [-0.3, -0.25) is 9.98 Å². The van der Waals surface area contributed by atoms with Crippen molar-refractivity contribution in [3.8, 4) is 0 Å². The molecule has 0 saturated carbocycles. The van der Waals surface area contributed by atoms with Crippen molar-refractivity contribution in [2.75, 3.05) is 0 Å². The molecule has 0 N–H and O–H groups in total. The zero-order valence-electron chi connectivity index (χ0n) is 20.3. The van der Waals surface area contributed by atoms with Crippen LogP contribution in [0, 0.1) is 27.7 Å². The fourth-order valence-electron chi connectivity index (χ4n) is 3.93. The van der Waals surface area contributed by atoms with Crippen LogP contribution in [0.3, 0.4) is 0 Å². The van der Waals surface area contributed by atoms with E-state index in [4.69, 9.17) is 9.98 Å². The van der Waals surface area contributed by atoms with Crippen molar-refractivity contribution in [1.29, 1.82) is 0 Å². The van der Waals surface area contributed by atoms with Crippen LogP contribution < -0.4 is 0 Å². The Kier molecular flexibility index (Phi) is 12.6. The minimum atomic E-state index is 0. The van der Waals surface area contributed by atoms with Crippen LogP contribution in [-0.4, -0.2) is 11.4 Å². The van der Waals surface area contributed by atoms with Gasteiger partial charge in [0.2, 0.25) is 0 Å². The molecule has 31 heavy (non-hydrogen) atoms. The number of nitrogens with zero attached hydrogens (tertiary/aromatic N) is 2. The maximum Gasteiger partial charge on any atom is 0.0639 e. The van der Waals surface area contributed by atoms with Crippen molar-refractivity contribution in [2.45, 2.75) is 92.9 Å². The molecule has 2 nitrogen and oxygen atoms in total. The van der Waals surface area contributed by atoms with Crippen molar-refractivity contribution in [3.63, 3.8) is 0 Å². The smallest absolute Gasteiger partial charge is 0.0639 e. The summed E-state index contributed by atoms with van der Waals surface area (Å²) in [6, 6.07) is 13.2. The quantitative estimate of drug-likeness (QED) is 0.181. The minimum Gasteiger partial charge on any atom is -0.252 e. The molecule has 0 fully saturated rings. The predicted molar refractivity (Wildman–Crippen MR) is 134 cm³/mol. The standard InChI is InChI=1S/C28H40N2.Ni/c1-7-9-11-12-14-28(30-26-19-23(5)16-24(6)20-26)27(13-10-8-2)29-25-17-21(3)15-22(4)18-25;/h15-20H,7-14H2,1-6H3;/b29-27+,30-28+;. The van der Waals surface area contributed by atoms with Crippen LogP contribution in [0.2, 0.25) is 0 Å². The second kappa shape index (κ2) is 14.4. The van der Waals surface area contributed by atoms with Gasteiger partial charge < -0.3 is 0 Å². The fraction of sp³-hybridized carbons (Fsp3) is 0.500. The summed E-state index contributed by atoms with van der Waals surface area (Å²) in [5.74, 6) is 0. The molecule has 0 aromatic heterocycles. The van der Waals surface area contributed by atoms with Gasteiger partial charge >= 0.3 is 0 Å². The van der Waals surface area contributed by atoms with E-state index in [1.165, 1.54) is 60.1 Å². The summed E-state index contributed by atoms with van der Waals surface area (Å²) in [6.07, 6.45) is 9.27. The first kappa shape index (κ1) is 27.3. The second-order valence-corrected chi connectivity index (χ2v) is 8.72. The van der Waals surface area contributed by atoms with Crippen LogP contribution in [-0.2, 0) is 16.5 Å². The molecule has 2 aromatic rings. The molecule has 0 radical (unpaired) electrons. The maximum absolute atomic E-state index is 5.16. The first-order valence-corrected chi connectivity index (χ1v) is 11.7. The second-order valence-electron chi connectivity index (χ2n) is 8.72. The molecule has 0 atom stereocenters. The Morgan fingerprint density at radius 3 is 1.32 bits per heavy atom. The molecule has 0 spiro atoms. The van der Waals surface area contributed by atoms with Gasteiger partial charge in [-0.15, -0.1) is 0 Å². The number of hydrogen-bond acceptors (Lipinski definition) is 2. The van der Waals surface area contributed by atoms with Gasteiger partial charge in [0, 0.05) is 16.5 Å². The SMILES string of the molecule is CCCCCCC(=N\c1cc(C)cc(C)c1)/C(CCCC)=N/c1cc(C)cc(C)c1.[Ni]. The Morgan fingerprint density at radius 2 is 0.935 bits per heavy atom. The summed E-state index contributed by atoms with van der Waals surface area (Å²) in [7, 11) is 0. The van der Waals surface area contributed by atoms with E-state index < -0.39 is 0 Å². The van der Waals surface area contributed by atoms with E-state index in [1.807, 2.05) is 0 Å². The normalized spacial score (nSPS) is 12.1. The van der Waals surface area contributed by atoms with Gasteiger partial charge in [-0.25, -0.2) is 0 Å². The third kappa shape index (κ3) is 9.96. The first-order chi connectivity index (χ1) is 14.4. The van der Waals surface area contributed by atoms with Crippen molar-refractivity contribution in [3.05, 3.63) is 58.7 Å². The van der Waals surface area contributed by atoms with E-state index in [1.54, 1.807) is 0 Å². The maximum atomic E-state index is 5.16. The fourth-order valence-corrected chi connectivity index (χ4v) is 3.93. The third-order valence-corrected chi connectivity index (χ3v) is 5.31. The molecule has 0 unspecified atom stereocenters. The summed E-state index contributed by atoms with van der Waals surface area (Å²) in [4.78, 5) is 10.3. The summed E-state index contributed by atoms with van der Waals surface area (Å²) >= 11 is 0. The molecule has 0 bridgehead atoms.